The van der Waals surface area contributed by atoms with Crippen LogP contribution >= 0.6 is 39.3 Å². The van der Waals surface area contributed by atoms with E-state index < -0.39 is 0 Å². The molecule has 1 N–H and O–H groups in total. The van der Waals surface area contributed by atoms with Gasteiger partial charge in [0.05, 0.1) is 35.1 Å². The van der Waals surface area contributed by atoms with E-state index in [-0.39, 0.29) is 5.91 Å². The van der Waals surface area contributed by atoms with Crippen LogP contribution in [-0.4, -0.2) is 21.8 Å². The number of fused-ring (bicyclic) bond motifs is 1. The van der Waals surface area contributed by atoms with Crippen molar-refractivity contribution in [1.29, 1.82) is 0 Å². The summed E-state index contributed by atoms with van der Waals surface area (Å²) >= 11 is 10.7. The van der Waals surface area contributed by atoms with Gasteiger partial charge < -0.3 is 10.1 Å². The smallest absolute Gasteiger partial charge is 0.259 e. The number of methoxy groups -OCH3 is 1. The minimum Gasteiger partial charge on any atom is -0.496 e. The number of amides is 1. The van der Waals surface area contributed by atoms with Crippen LogP contribution in [0.1, 0.15) is 15.9 Å². The normalized spacial score (nSPS) is 10.8. The van der Waals surface area contributed by atoms with Crippen LogP contribution in [0, 0.1) is 6.92 Å². The summed E-state index contributed by atoms with van der Waals surface area (Å²) in [6.45, 7) is 1.87. The van der Waals surface area contributed by atoms with Crippen molar-refractivity contribution in [1.82, 2.24) is 8.75 Å². The summed E-state index contributed by atoms with van der Waals surface area (Å²) in [5.74, 6) is 0.194. The molecule has 0 atom stereocenters. The lowest BCUT2D eigenvalue weighted by atomic mass is 10.1. The van der Waals surface area contributed by atoms with Crippen molar-refractivity contribution in [3.63, 3.8) is 0 Å². The molecule has 0 aliphatic carbocycles. The molecular weight excluding hydrogens is 402 g/mol. The maximum Gasteiger partial charge on any atom is 0.259 e. The molecule has 0 bridgehead atoms. The maximum atomic E-state index is 12.7. The predicted octanol–water partition coefficient (Wildman–Crippen LogP) is 4.68. The number of rotatable bonds is 3. The Balaban J connectivity index is 2.05. The number of carbonyl (C=O) groups is 1. The Morgan fingerprint density at radius 3 is 2.87 bits per heavy atom. The van der Waals surface area contributed by atoms with E-state index in [9.17, 15) is 4.79 Å². The molecule has 23 heavy (non-hydrogen) atoms. The molecule has 5 nitrogen and oxygen atoms in total. The molecule has 2 aromatic carbocycles. The quantitative estimate of drug-likeness (QED) is 0.678. The van der Waals surface area contributed by atoms with E-state index >= 15 is 0 Å². The third-order valence-electron chi connectivity index (χ3n) is 3.30. The second kappa shape index (κ2) is 6.43. The zero-order valence-electron chi connectivity index (χ0n) is 12.2. The fourth-order valence-electron chi connectivity index (χ4n) is 2.30. The van der Waals surface area contributed by atoms with Crippen molar-refractivity contribution >= 4 is 61.9 Å². The van der Waals surface area contributed by atoms with Crippen molar-refractivity contribution in [3.8, 4) is 5.75 Å². The highest BCUT2D eigenvalue weighted by Gasteiger charge is 2.19. The number of hydrogen-bond donors (Lipinski definition) is 1. The van der Waals surface area contributed by atoms with E-state index in [2.05, 4.69) is 30.0 Å². The first-order valence-corrected chi connectivity index (χ1v) is 8.47. The lowest BCUT2D eigenvalue weighted by molar-refractivity contribution is 0.102. The number of aryl methyl sites for hydroxylation is 1. The van der Waals surface area contributed by atoms with Crippen LogP contribution in [0.3, 0.4) is 0 Å². The average Bonchev–Trinajstić information content (AvgIpc) is 2.98. The molecule has 3 rings (SSSR count). The number of halogens is 2. The van der Waals surface area contributed by atoms with Gasteiger partial charge in [-0.15, -0.1) is 0 Å². The van der Waals surface area contributed by atoms with Gasteiger partial charge in [-0.3, -0.25) is 4.79 Å². The maximum absolute atomic E-state index is 12.7. The van der Waals surface area contributed by atoms with Crippen molar-refractivity contribution in [2.24, 2.45) is 0 Å². The van der Waals surface area contributed by atoms with Crippen LogP contribution in [0.25, 0.3) is 11.0 Å². The largest absolute Gasteiger partial charge is 0.496 e. The van der Waals surface area contributed by atoms with Gasteiger partial charge in [-0.25, -0.2) is 0 Å². The molecule has 0 radical (unpaired) electrons. The second-order valence-corrected chi connectivity index (χ2v) is 6.66. The molecular formula is C15H11BrClN3O2S. The van der Waals surface area contributed by atoms with Gasteiger partial charge >= 0.3 is 0 Å². The van der Waals surface area contributed by atoms with Gasteiger partial charge in [0, 0.05) is 4.47 Å². The first-order chi connectivity index (χ1) is 11.0. The number of carbonyl (C=O) groups excluding carboxylic acids is 1. The Morgan fingerprint density at radius 2 is 2.13 bits per heavy atom. The SMILES string of the molecule is COc1c(C)cc(Br)cc1C(=O)Nc1c(Cl)ccc2nsnc12. The zero-order valence-corrected chi connectivity index (χ0v) is 15.3. The lowest BCUT2D eigenvalue weighted by Crippen LogP contribution is -2.14. The first-order valence-electron chi connectivity index (χ1n) is 6.57. The van der Waals surface area contributed by atoms with E-state index in [1.165, 1.54) is 7.11 Å². The Morgan fingerprint density at radius 1 is 1.35 bits per heavy atom. The van der Waals surface area contributed by atoms with E-state index in [0.717, 1.165) is 21.8 Å². The molecule has 0 saturated carbocycles. The standard InChI is InChI=1S/C15H11BrClN3O2S/c1-7-5-8(16)6-9(14(7)22-2)15(21)18-12-10(17)3-4-11-13(12)20-23-19-11/h3-6H,1-2H3,(H,18,21). The molecule has 0 aliphatic rings. The number of hydrogen-bond acceptors (Lipinski definition) is 5. The molecule has 3 aromatic rings. The molecule has 0 unspecified atom stereocenters. The molecule has 1 amide bonds. The Hall–Kier alpha value is -1.70. The third-order valence-corrected chi connectivity index (χ3v) is 4.62. The number of aromatic nitrogens is 2. The minimum atomic E-state index is -0.325. The number of nitrogens with one attached hydrogen (secondary N) is 1. The Kier molecular flexibility index (Phi) is 4.52. The molecule has 118 valence electrons. The van der Waals surface area contributed by atoms with Gasteiger partial charge in [-0.2, -0.15) is 8.75 Å². The topological polar surface area (TPSA) is 64.1 Å². The van der Waals surface area contributed by atoms with E-state index in [1.807, 2.05) is 13.0 Å². The van der Waals surface area contributed by atoms with Crippen LogP contribution in [-0.2, 0) is 0 Å². The third kappa shape index (κ3) is 3.04. The minimum absolute atomic E-state index is 0.325. The van der Waals surface area contributed by atoms with Crippen molar-refractivity contribution in [3.05, 3.63) is 44.9 Å². The molecule has 1 aromatic heterocycles. The van der Waals surface area contributed by atoms with Gasteiger partial charge in [0.1, 0.15) is 16.8 Å². The lowest BCUT2D eigenvalue weighted by Gasteiger charge is -2.13. The Bertz CT molecular complexity index is 913. The summed E-state index contributed by atoms with van der Waals surface area (Å²) in [6, 6.07) is 7.03. The number of benzene rings is 2. The second-order valence-electron chi connectivity index (χ2n) is 4.81. The molecule has 0 fully saturated rings. The van der Waals surface area contributed by atoms with E-state index in [4.69, 9.17) is 16.3 Å². The summed E-state index contributed by atoms with van der Waals surface area (Å²) in [5.41, 5.74) is 2.97. The van der Waals surface area contributed by atoms with Gasteiger partial charge in [-0.1, -0.05) is 27.5 Å². The van der Waals surface area contributed by atoms with Gasteiger partial charge in [0.15, 0.2) is 0 Å². The van der Waals surface area contributed by atoms with Crippen LogP contribution in [0.2, 0.25) is 5.02 Å². The summed E-state index contributed by atoms with van der Waals surface area (Å²) in [7, 11) is 1.53. The predicted molar refractivity (Wildman–Crippen MR) is 95.8 cm³/mol. The van der Waals surface area contributed by atoms with E-state index in [0.29, 0.717) is 33.1 Å². The van der Waals surface area contributed by atoms with Crippen molar-refractivity contribution in [2.45, 2.75) is 6.92 Å². The summed E-state index contributed by atoms with van der Waals surface area (Å²) in [6.07, 6.45) is 0. The number of ether oxygens (including phenoxy) is 1. The number of anilines is 1. The zero-order chi connectivity index (χ0) is 16.6. The molecule has 0 spiro atoms. The molecule has 0 saturated heterocycles. The van der Waals surface area contributed by atoms with Crippen LogP contribution in [0.15, 0.2) is 28.7 Å². The highest BCUT2D eigenvalue weighted by molar-refractivity contribution is 9.10. The molecule has 1 heterocycles. The fourth-order valence-corrected chi connectivity index (χ4v) is 3.61. The summed E-state index contributed by atoms with van der Waals surface area (Å²) in [4.78, 5) is 12.7. The summed E-state index contributed by atoms with van der Waals surface area (Å²) in [5, 5.41) is 3.22. The molecule has 8 heteroatoms. The van der Waals surface area contributed by atoms with Crippen molar-refractivity contribution < 1.29 is 9.53 Å². The molecule has 0 aliphatic heterocycles. The monoisotopic (exact) mass is 411 g/mol. The van der Waals surface area contributed by atoms with Gasteiger partial charge in [0.2, 0.25) is 0 Å². The average molecular weight is 413 g/mol. The van der Waals surface area contributed by atoms with Crippen LogP contribution < -0.4 is 10.1 Å². The summed E-state index contributed by atoms with van der Waals surface area (Å²) < 4.78 is 14.5. The highest BCUT2D eigenvalue weighted by Crippen LogP contribution is 2.32. The van der Waals surface area contributed by atoms with Crippen LogP contribution in [0.4, 0.5) is 5.69 Å². The highest BCUT2D eigenvalue weighted by atomic mass is 79.9. The Labute approximate surface area is 150 Å². The first kappa shape index (κ1) is 16.2. The fraction of sp³-hybridized carbons (Fsp3) is 0.133. The number of nitrogens with zero attached hydrogens (tertiary/aromatic N) is 2. The van der Waals surface area contributed by atoms with Gasteiger partial charge in [0.25, 0.3) is 5.91 Å². The van der Waals surface area contributed by atoms with E-state index in [1.54, 1.807) is 18.2 Å². The van der Waals surface area contributed by atoms with Crippen molar-refractivity contribution in [2.75, 3.05) is 12.4 Å². The van der Waals surface area contributed by atoms with Gasteiger partial charge in [-0.05, 0) is 36.8 Å². The van der Waals surface area contributed by atoms with Crippen LogP contribution in [0.5, 0.6) is 5.75 Å².